The van der Waals surface area contributed by atoms with Crippen LogP contribution in [0.2, 0.25) is 0 Å². The number of nitrogens with zero attached hydrogens (tertiary/aromatic N) is 1. The van der Waals surface area contributed by atoms with Crippen LogP contribution in [0.5, 0.6) is 0 Å². The Labute approximate surface area is 102 Å². The second kappa shape index (κ2) is 5.60. The van der Waals surface area contributed by atoms with Crippen molar-refractivity contribution in [3.63, 3.8) is 0 Å². The molecule has 2 rings (SSSR count). The topological polar surface area (TPSA) is 61.4 Å². The number of hydrogen-bond acceptors (Lipinski definition) is 4. The fraction of sp³-hybridized carbons (Fsp3) is 0.833. The number of imide groups is 1. The van der Waals surface area contributed by atoms with Crippen molar-refractivity contribution in [1.82, 2.24) is 15.5 Å². The molecule has 2 atom stereocenters. The first kappa shape index (κ1) is 12.5. The van der Waals surface area contributed by atoms with Gasteiger partial charge in [0.25, 0.3) is 0 Å². The van der Waals surface area contributed by atoms with Gasteiger partial charge in [0.15, 0.2) is 0 Å². The summed E-state index contributed by atoms with van der Waals surface area (Å²) in [6, 6.07) is 0.105. The van der Waals surface area contributed by atoms with Crippen molar-refractivity contribution < 1.29 is 9.59 Å². The molecule has 2 saturated heterocycles. The van der Waals surface area contributed by atoms with Crippen LogP contribution in [0.1, 0.15) is 32.6 Å². The van der Waals surface area contributed by atoms with Crippen molar-refractivity contribution in [2.45, 2.75) is 44.7 Å². The third-order valence-corrected chi connectivity index (χ3v) is 3.64. The minimum atomic E-state index is -0.324. The Bertz CT molecular complexity index is 300. The number of nitrogens with one attached hydrogen (secondary N) is 2. The number of likely N-dealkylation sites (tertiary alicyclic amines) is 1. The highest BCUT2D eigenvalue weighted by Crippen LogP contribution is 2.12. The maximum absolute atomic E-state index is 11.4. The summed E-state index contributed by atoms with van der Waals surface area (Å²) in [5.41, 5.74) is 0. The van der Waals surface area contributed by atoms with Gasteiger partial charge in [0.1, 0.15) is 0 Å². The molecule has 0 radical (unpaired) electrons. The van der Waals surface area contributed by atoms with E-state index >= 15 is 0 Å². The first-order chi connectivity index (χ1) is 8.16. The van der Waals surface area contributed by atoms with E-state index in [-0.39, 0.29) is 24.3 Å². The Morgan fingerprint density at radius 3 is 2.65 bits per heavy atom. The second-order valence-electron chi connectivity index (χ2n) is 5.02. The van der Waals surface area contributed by atoms with Crippen LogP contribution in [0, 0.1) is 0 Å². The molecular formula is C12H21N3O2. The summed E-state index contributed by atoms with van der Waals surface area (Å²) in [6.45, 7) is 5.25. The van der Waals surface area contributed by atoms with E-state index < -0.39 is 0 Å². The number of amides is 2. The molecule has 5 heteroatoms. The van der Waals surface area contributed by atoms with E-state index in [0.717, 1.165) is 19.6 Å². The standard InChI is InChI=1S/C12H21N3O2/c1-9(15-5-3-2-4-6-15)8-13-10-7-11(16)14-12(10)17/h9-10,13H,2-8H2,1H3,(H,14,16,17). The molecule has 2 unspecified atom stereocenters. The molecule has 5 nitrogen and oxygen atoms in total. The summed E-state index contributed by atoms with van der Waals surface area (Å²) >= 11 is 0. The molecule has 0 aromatic heterocycles. The maximum Gasteiger partial charge on any atom is 0.244 e. The summed E-state index contributed by atoms with van der Waals surface area (Å²) in [6.07, 6.45) is 4.15. The molecule has 2 heterocycles. The third kappa shape index (κ3) is 3.26. The van der Waals surface area contributed by atoms with E-state index in [2.05, 4.69) is 22.5 Å². The number of rotatable bonds is 4. The summed E-state index contributed by atoms with van der Waals surface area (Å²) in [5.74, 6) is -0.348. The first-order valence-corrected chi connectivity index (χ1v) is 6.48. The summed E-state index contributed by atoms with van der Waals surface area (Å²) < 4.78 is 0. The van der Waals surface area contributed by atoms with Crippen LogP contribution >= 0.6 is 0 Å². The monoisotopic (exact) mass is 239 g/mol. The summed E-state index contributed by atoms with van der Waals surface area (Å²) in [7, 11) is 0. The van der Waals surface area contributed by atoms with E-state index in [1.165, 1.54) is 19.3 Å². The first-order valence-electron chi connectivity index (χ1n) is 6.48. The van der Waals surface area contributed by atoms with Gasteiger partial charge >= 0.3 is 0 Å². The average Bonchev–Trinajstić information content (AvgIpc) is 2.66. The second-order valence-corrected chi connectivity index (χ2v) is 5.02. The van der Waals surface area contributed by atoms with Gasteiger partial charge in [0.2, 0.25) is 11.8 Å². The molecule has 2 aliphatic rings. The Morgan fingerprint density at radius 1 is 1.35 bits per heavy atom. The fourth-order valence-electron chi connectivity index (χ4n) is 2.52. The van der Waals surface area contributed by atoms with Crippen LogP contribution < -0.4 is 10.6 Å². The minimum absolute atomic E-state index is 0.168. The van der Waals surface area contributed by atoms with E-state index in [4.69, 9.17) is 0 Å². The van der Waals surface area contributed by atoms with Crippen molar-refractivity contribution in [2.24, 2.45) is 0 Å². The lowest BCUT2D eigenvalue weighted by molar-refractivity contribution is -0.125. The highest BCUT2D eigenvalue weighted by atomic mass is 16.2. The average molecular weight is 239 g/mol. The Morgan fingerprint density at radius 2 is 2.06 bits per heavy atom. The van der Waals surface area contributed by atoms with Gasteiger partial charge in [-0.2, -0.15) is 0 Å². The van der Waals surface area contributed by atoms with Crippen LogP contribution in [0.15, 0.2) is 0 Å². The van der Waals surface area contributed by atoms with Crippen LogP contribution in [0.25, 0.3) is 0 Å². The van der Waals surface area contributed by atoms with Gasteiger partial charge in [-0.1, -0.05) is 6.42 Å². The highest BCUT2D eigenvalue weighted by molar-refractivity contribution is 6.05. The van der Waals surface area contributed by atoms with Crippen LogP contribution in [-0.4, -0.2) is 48.4 Å². The van der Waals surface area contributed by atoms with Gasteiger partial charge in [-0.25, -0.2) is 0 Å². The molecule has 0 aromatic rings. The highest BCUT2D eigenvalue weighted by Gasteiger charge is 2.30. The van der Waals surface area contributed by atoms with E-state index in [1.54, 1.807) is 0 Å². The molecule has 2 N–H and O–H groups in total. The van der Waals surface area contributed by atoms with Gasteiger partial charge in [0.05, 0.1) is 12.5 Å². The van der Waals surface area contributed by atoms with Crippen LogP contribution in [0.4, 0.5) is 0 Å². The zero-order chi connectivity index (χ0) is 12.3. The molecule has 96 valence electrons. The summed E-state index contributed by atoms with van der Waals surface area (Å²) in [4.78, 5) is 24.8. The lowest BCUT2D eigenvalue weighted by Crippen LogP contribution is -2.47. The van der Waals surface area contributed by atoms with Gasteiger partial charge in [-0.3, -0.25) is 19.8 Å². The zero-order valence-corrected chi connectivity index (χ0v) is 10.4. The smallest absolute Gasteiger partial charge is 0.244 e. The van der Waals surface area contributed by atoms with Crippen molar-refractivity contribution in [3.05, 3.63) is 0 Å². The normalized spacial score (nSPS) is 28.2. The molecule has 0 bridgehead atoms. The van der Waals surface area contributed by atoms with E-state index in [9.17, 15) is 9.59 Å². The van der Waals surface area contributed by atoms with Crippen LogP contribution in [-0.2, 0) is 9.59 Å². The van der Waals surface area contributed by atoms with Crippen molar-refractivity contribution >= 4 is 11.8 Å². The quantitative estimate of drug-likeness (QED) is 0.671. The molecule has 2 aliphatic heterocycles. The third-order valence-electron chi connectivity index (χ3n) is 3.64. The number of carbonyl (C=O) groups excluding carboxylic acids is 2. The fourth-order valence-corrected chi connectivity index (χ4v) is 2.52. The van der Waals surface area contributed by atoms with E-state index in [0.29, 0.717) is 6.04 Å². The predicted molar refractivity (Wildman–Crippen MR) is 64.4 cm³/mol. The van der Waals surface area contributed by atoms with Gasteiger partial charge in [-0.05, 0) is 32.9 Å². The molecule has 2 fully saturated rings. The van der Waals surface area contributed by atoms with Crippen molar-refractivity contribution in [2.75, 3.05) is 19.6 Å². The largest absolute Gasteiger partial charge is 0.304 e. The van der Waals surface area contributed by atoms with Crippen LogP contribution in [0.3, 0.4) is 0 Å². The molecule has 0 aliphatic carbocycles. The predicted octanol–water partition coefficient (Wildman–Crippen LogP) is -0.134. The molecule has 17 heavy (non-hydrogen) atoms. The number of carbonyl (C=O) groups is 2. The molecule has 0 aromatic carbocycles. The van der Waals surface area contributed by atoms with Gasteiger partial charge in [-0.15, -0.1) is 0 Å². The number of piperidine rings is 1. The molecular weight excluding hydrogens is 218 g/mol. The Kier molecular flexibility index (Phi) is 4.12. The molecule has 0 spiro atoms. The van der Waals surface area contributed by atoms with Gasteiger partial charge < -0.3 is 5.32 Å². The lowest BCUT2D eigenvalue weighted by atomic mass is 10.1. The SMILES string of the molecule is CC(CNC1CC(=O)NC1=O)N1CCCCC1. The lowest BCUT2D eigenvalue weighted by Gasteiger charge is -2.32. The number of hydrogen-bond donors (Lipinski definition) is 2. The Hall–Kier alpha value is -0.940. The van der Waals surface area contributed by atoms with Crippen molar-refractivity contribution in [3.8, 4) is 0 Å². The molecule has 2 amide bonds. The van der Waals surface area contributed by atoms with Gasteiger partial charge in [0, 0.05) is 12.6 Å². The Balaban J connectivity index is 1.73. The maximum atomic E-state index is 11.4. The summed E-state index contributed by atoms with van der Waals surface area (Å²) in [5, 5.41) is 5.50. The minimum Gasteiger partial charge on any atom is -0.304 e. The van der Waals surface area contributed by atoms with E-state index in [1.807, 2.05) is 0 Å². The van der Waals surface area contributed by atoms with Crippen molar-refractivity contribution in [1.29, 1.82) is 0 Å². The molecule has 0 saturated carbocycles. The zero-order valence-electron chi connectivity index (χ0n) is 10.4.